The Morgan fingerprint density at radius 3 is 2.26 bits per heavy atom. The van der Waals surface area contributed by atoms with Gasteiger partial charge in [0.05, 0.1) is 0 Å². The summed E-state index contributed by atoms with van der Waals surface area (Å²) in [6, 6.07) is 16.2. The number of alkyl carbamates (subject to hydrolysis) is 1. The number of nitrogens with one attached hydrogen (secondary N) is 2. The van der Waals surface area contributed by atoms with Crippen LogP contribution in [0.25, 0.3) is 11.1 Å². The number of amides is 2. The minimum atomic E-state index is -1.07. The molecular weight excluding hydrogens is 396 g/mol. The molecule has 1 saturated carbocycles. The van der Waals surface area contributed by atoms with Gasteiger partial charge in [0.2, 0.25) is 5.91 Å². The fourth-order valence-electron chi connectivity index (χ4n) is 4.67. The molecule has 2 atom stereocenters. The van der Waals surface area contributed by atoms with Crippen molar-refractivity contribution in [3.63, 3.8) is 0 Å². The molecule has 7 heteroatoms. The number of carboxylic acid groups (broad SMARTS) is 1. The van der Waals surface area contributed by atoms with Crippen molar-refractivity contribution in [2.24, 2.45) is 5.92 Å². The summed E-state index contributed by atoms with van der Waals surface area (Å²) in [5.41, 5.74) is 4.66. The maximum atomic E-state index is 12.5. The third-order valence-electron chi connectivity index (χ3n) is 6.12. The largest absolute Gasteiger partial charge is 0.480 e. The summed E-state index contributed by atoms with van der Waals surface area (Å²) >= 11 is 0. The van der Waals surface area contributed by atoms with Gasteiger partial charge in [0.1, 0.15) is 13.2 Å². The first kappa shape index (κ1) is 20.9. The van der Waals surface area contributed by atoms with E-state index >= 15 is 0 Å². The molecule has 7 nitrogen and oxygen atoms in total. The van der Waals surface area contributed by atoms with Crippen LogP contribution in [0.2, 0.25) is 0 Å². The van der Waals surface area contributed by atoms with Gasteiger partial charge in [-0.05, 0) is 41.5 Å². The maximum absolute atomic E-state index is 12.5. The summed E-state index contributed by atoms with van der Waals surface area (Å²) in [7, 11) is 0. The van der Waals surface area contributed by atoms with Gasteiger partial charge in [-0.25, -0.2) is 4.79 Å². The number of benzene rings is 2. The molecule has 2 aliphatic carbocycles. The van der Waals surface area contributed by atoms with E-state index < -0.39 is 12.1 Å². The van der Waals surface area contributed by atoms with Gasteiger partial charge in [-0.3, -0.25) is 9.59 Å². The van der Waals surface area contributed by atoms with E-state index in [1.807, 2.05) is 24.3 Å². The zero-order valence-electron chi connectivity index (χ0n) is 17.2. The van der Waals surface area contributed by atoms with E-state index in [2.05, 4.69) is 34.9 Å². The Balaban J connectivity index is 1.33. The molecule has 1 fully saturated rings. The second-order valence-electron chi connectivity index (χ2n) is 8.14. The van der Waals surface area contributed by atoms with Crippen molar-refractivity contribution in [3.05, 3.63) is 59.7 Å². The fourth-order valence-corrected chi connectivity index (χ4v) is 4.67. The average molecular weight is 422 g/mol. The fraction of sp³-hybridized carbons (Fsp3) is 0.375. The van der Waals surface area contributed by atoms with Crippen LogP contribution in [0.3, 0.4) is 0 Å². The van der Waals surface area contributed by atoms with Crippen molar-refractivity contribution in [2.75, 3.05) is 13.2 Å². The Labute approximate surface area is 180 Å². The molecule has 2 unspecified atom stereocenters. The lowest BCUT2D eigenvalue weighted by molar-refractivity contribution is -0.138. The van der Waals surface area contributed by atoms with Crippen LogP contribution in [0.1, 0.15) is 42.7 Å². The van der Waals surface area contributed by atoms with Crippen LogP contribution in [-0.2, 0) is 14.3 Å². The highest BCUT2D eigenvalue weighted by Crippen LogP contribution is 2.44. The summed E-state index contributed by atoms with van der Waals surface area (Å²) in [5, 5.41) is 14.0. The molecule has 2 aromatic carbocycles. The van der Waals surface area contributed by atoms with Crippen LogP contribution >= 0.6 is 0 Å². The highest BCUT2D eigenvalue weighted by atomic mass is 16.5. The Hall–Kier alpha value is -3.35. The van der Waals surface area contributed by atoms with Crippen LogP contribution in [0, 0.1) is 5.92 Å². The third-order valence-corrected chi connectivity index (χ3v) is 6.12. The minimum absolute atomic E-state index is 0.000879. The first-order valence-electron chi connectivity index (χ1n) is 10.6. The number of hydrogen-bond donors (Lipinski definition) is 3. The molecule has 0 spiro atoms. The summed E-state index contributed by atoms with van der Waals surface area (Å²) in [6.07, 6.45) is 2.24. The number of carbonyl (C=O) groups excluding carboxylic acids is 2. The molecule has 2 aromatic rings. The quantitative estimate of drug-likeness (QED) is 0.663. The van der Waals surface area contributed by atoms with Crippen LogP contribution in [0.4, 0.5) is 4.79 Å². The topological polar surface area (TPSA) is 105 Å². The molecule has 2 amide bonds. The van der Waals surface area contributed by atoms with Gasteiger partial charge in [-0.15, -0.1) is 0 Å². The van der Waals surface area contributed by atoms with Gasteiger partial charge in [-0.1, -0.05) is 55.0 Å². The minimum Gasteiger partial charge on any atom is -0.480 e. The summed E-state index contributed by atoms with van der Waals surface area (Å²) in [4.78, 5) is 35.3. The van der Waals surface area contributed by atoms with E-state index in [-0.39, 0.29) is 36.9 Å². The molecule has 0 bridgehead atoms. The molecule has 162 valence electrons. The van der Waals surface area contributed by atoms with Crippen molar-refractivity contribution >= 4 is 18.0 Å². The highest BCUT2D eigenvalue weighted by molar-refractivity contribution is 5.83. The zero-order chi connectivity index (χ0) is 21.8. The van der Waals surface area contributed by atoms with Gasteiger partial charge < -0.3 is 20.5 Å². The van der Waals surface area contributed by atoms with Gasteiger partial charge in [0.25, 0.3) is 0 Å². The van der Waals surface area contributed by atoms with Crippen LogP contribution in [0.15, 0.2) is 48.5 Å². The predicted octanol–water partition coefficient (Wildman–Crippen LogP) is 3.28. The molecule has 0 saturated heterocycles. The lowest BCUT2D eigenvalue weighted by atomic mass is 9.85. The van der Waals surface area contributed by atoms with Crippen molar-refractivity contribution in [1.29, 1.82) is 0 Å². The third kappa shape index (κ3) is 4.71. The SMILES string of the molecule is O=C(O)CNC(=O)C1CCCC(NC(=O)OCC2c3ccccc3-c3ccccc32)C1. The maximum Gasteiger partial charge on any atom is 0.407 e. The van der Waals surface area contributed by atoms with E-state index in [9.17, 15) is 14.4 Å². The van der Waals surface area contributed by atoms with Gasteiger partial charge in [-0.2, -0.15) is 0 Å². The lowest BCUT2D eigenvalue weighted by Gasteiger charge is -2.28. The number of hydrogen-bond acceptors (Lipinski definition) is 4. The molecule has 0 heterocycles. The molecule has 0 aromatic heterocycles. The second-order valence-corrected chi connectivity index (χ2v) is 8.14. The molecule has 31 heavy (non-hydrogen) atoms. The smallest absolute Gasteiger partial charge is 0.407 e. The Morgan fingerprint density at radius 2 is 1.61 bits per heavy atom. The van der Waals surface area contributed by atoms with Gasteiger partial charge in [0.15, 0.2) is 0 Å². The normalized spacial score (nSPS) is 19.7. The summed E-state index contributed by atoms with van der Waals surface area (Å²) in [5.74, 6) is -1.65. The molecule has 2 aliphatic rings. The van der Waals surface area contributed by atoms with Crippen molar-refractivity contribution in [1.82, 2.24) is 10.6 Å². The lowest BCUT2D eigenvalue weighted by Crippen LogP contribution is -2.43. The van der Waals surface area contributed by atoms with E-state index in [1.165, 1.54) is 11.1 Å². The Morgan fingerprint density at radius 1 is 0.968 bits per heavy atom. The van der Waals surface area contributed by atoms with E-state index in [0.29, 0.717) is 12.8 Å². The number of carbonyl (C=O) groups is 3. The van der Waals surface area contributed by atoms with Crippen molar-refractivity contribution in [3.8, 4) is 11.1 Å². The molecule has 0 aliphatic heterocycles. The zero-order valence-corrected chi connectivity index (χ0v) is 17.2. The first-order valence-corrected chi connectivity index (χ1v) is 10.6. The first-order chi connectivity index (χ1) is 15.0. The second kappa shape index (κ2) is 9.20. The van der Waals surface area contributed by atoms with Crippen molar-refractivity contribution < 1.29 is 24.2 Å². The van der Waals surface area contributed by atoms with E-state index in [4.69, 9.17) is 9.84 Å². The number of ether oxygens (including phenoxy) is 1. The molecule has 4 rings (SSSR count). The van der Waals surface area contributed by atoms with Crippen LogP contribution in [-0.4, -0.2) is 42.3 Å². The van der Waals surface area contributed by atoms with Crippen LogP contribution in [0.5, 0.6) is 0 Å². The van der Waals surface area contributed by atoms with Crippen LogP contribution < -0.4 is 10.6 Å². The van der Waals surface area contributed by atoms with E-state index in [0.717, 1.165) is 24.0 Å². The number of fused-ring (bicyclic) bond motifs is 3. The van der Waals surface area contributed by atoms with E-state index in [1.54, 1.807) is 0 Å². The molecular formula is C24H26N2O5. The highest BCUT2D eigenvalue weighted by Gasteiger charge is 2.31. The number of aliphatic carboxylic acids is 1. The number of rotatable bonds is 6. The Bertz CT molecular complexity index is 944. The summed E-state index contributed by atoms with van der Waals surface area (Å²) in [6.45, 7) is -0.144. The predicted molar refractivity (Wildman–Crippen MR) is 115 cm³/mol. The standard InChI is InChI=1S/C24H26N2O5/c27-22(28)13-25-23(29)15-6-5-7-16(12-15)26-24(30)31-14-21-19-10-3-1-8-17(19)18-9-2-4-11-20(18)21/h1-4,8-11,15-16,21H,5-7,12-14H2,(H,25,29)(H,26,30)(H,27,28). The summed E-state index contributed by atoms with van der Waals surface area (Å²) < 4.78 is 5.59. The molecule has 3 N–H and O–H groups in total. The average Bonchev–Trinajstić information content (AvgIpc) is 3.10. The Kier molecular flexibility index (Phi) is 6.21. The van der Waals surface area contributed by atoms with Gasteiger partial charge in [0, 0.05) is 17.9 Å². The molecule has 0 radical (unpaired) electrons. The van der Waals surface area contributed by atoms with Gasteiger partial charge >= 0.3 is 12.1 Å². The van der Waals surface area contributed by atoms with Crippen molar-refractivity contribution in [2.45, 2.75) is 37.6 Å². The monoisotopic (exact) mass is 422 g/mol. The number of carboxylic acids is 1.